The third-order valence-corrected chi connectivity index (χ3v) is 8.57. The average molecular weight is 472 g/mol. The van der Waals surface area contributed by atoms with Gasteiger partial charge in [0.15, 0.2) is 13.8 Å². The number of benzene rings is 1. The van der Waals surface area contributed by atoms with Gasteiger partial charge in [0.25, 0.3) is 10.0 Å². The van der Waals surface area contributed by atoms with Crippen LogP contribution in [0.1, 0.15) is 12.8 Å². The van der Waals surface area contributed by atoms with Crippen molar-refractivity contribution in [2.45, 2.75) is 17.1 Å². The highest BCUT2D eigenvalue weighted by Crippen LogP contribution is 2.31. The number of amides is 1. The molecule has 1 aliphatic heterocycles. The molecular weight excluding hydrogens is 454 g/mol. The summed E-state index contributed by atoms with van der Waals surface area (Å²) < 4.78 is 28.3. The second-order valence-electron chi connectivity index (χ2n) is 6.81. The van der Waals surface area contributed by atoms with Gasteiger partial charge in [-0.1, -0.05) is 34.3 Å². The normalized spacial score (nSPS) is 16.2. The van der Waals surface area contributed by atoms with Crippen LogP contribution in [0.5, 0.6) is 0 Å². The van der Waals surface area contributed by atoms with Crippen molar-refractivity contribution in [2.75, 3.05) is 30.2 Å². The fraction of sp³-hybridized carbons (Fsp3) is 0.353. The second kappa shape index (κ2) is 8.15. The van der Waals surface area contributed by atoms with Crippen LogP contribution >= 0.6 is 34.3 Å². The van der Waals surface area contributed by atoms with Crippen molar-refractivity contribution < 1.29 is 13.2 Å². The molecule has 0 saturated carbocycles. The number of carbonyl (C=O) groups is 1. The van der Waals surface area contributed by atoms with Gasteiger partial charge in [0, 0.05) is 5.92 Å². The van der Waals surface area contributed by atoms with Crippen molar-refractivity contribution in [3.05, 3.63) is 28.9 Å². The highest BCUT2D eigenvalue weighted by Gasteiger charge is 2.24. The number of halogens is 1. The minimum Gasteiger partial charge on any atom is -0.306 e. The van der Waals surface area contributed by atoms with Crippen LogP contribution < -0.4 is 10.0 Å². The lowest BCUT2D eigenvalue weighted by molar-refractivity contribution is -0.121. The Labute approximate surface area is 181 Å². The van der Waals surface area contributed by atoms with Crippen LogP contribution in [-0.2, 0) is 14.8 Å². The molecule has 1 aromatic carbocycles. The number of piperidine rings is 1. The maximum atomic E-state index is 12.5. The number of anilines is 2. The summed E-state index contributed by atoms with van der Waals surface area (Å²) in [6.07, 6.45) is 2.89. The summed E-state index contributed by atoms with van der Waals surface area (Å²) in [5, 5.41) is 3.41. The third-order valence-electron chi connectivity index (χ3n) is 4.68. The van der Waals surface area contributed by atoms with Gasteiger partial charge in [0.2, 0.25) is 5.91 Å². The Morgan fingerprint density at radius 1 is 1.28 bits per heavy atom. The van der Waals surface area contributed by atoms with E-state index in [1.807, 2.05) is 0 Å². The van der Waals surface area contributed by atoms with Crippen LogP contribution in [0.2, 0.25) is 4.47 Å². The summed E-state index contributed by atoms with van der Waals surface area (Å²) in [5.74, 6) is -0.0213. The van der Waals surface area contributed by atoms with Gasteiger partial charge in [-0.2, -0.15) is 0 Å². The first-order chi connectivity index (χ1) is 13.8. The van der Waals surface area contributed by atoms with Gasteiger partial charge in [-0.25, -0.2) is 18.4 Å². The first-order valence-corrected chi connectivity index (χ1v) is 12.3. The number of nitrogens with zero attached hydrogens (tertiary/aromatic N) is 3. The van der Waals surface area contributed by atoms with Crippen molar-refractivity contribution in [3.63, 3.8) is 0 Å². The van der Waals surface area contributed by atoms with E-state index in [0.29, 0.717) is 16.3 Å². The van der Waals surface area contributed by atoms with Gasteiger partial charge in [0.05, 0.1) is 22.1 Å². The zero-order valence-electron chi connectivity index (χ0n) is 15.4. The zero-order chi connectivity index (χ0) is 20.6. The van der Waals surface area contributed by atoms with Gasteiger partial charge < -0.3 is 10.2 Å². The molecule has 2 N–H and O–H groups in total. The molecule has 3 heterocycles. The van der Waals surface area contributed by atoms with Gasteiger partial charge in [-0.3, -0.25) is 9.52 Å². The van der Waals surface area contributed by atoms with E-state index >= 15 is 0 Å². The molecule has 2 aromatic heterocycles. The van der Waals surface area contributed by atoms with E-state index in [-0.39, 0.29) is 20.5 Å². The molecule has 154 valence electrons. The molecule has 1 fully saturated rings. The number of nitrogens with one attached hydrogen (secondary N) is 2. The monoisotopic (exact) mass is 471 g/mol. The quantitative estimate of drug-likeness (QED) is 0.590. The smallest absolute Gasteiger partial charge is 0.273 e. The molecular formula is C17H18ClN5O3S3. The lowest BCUT2D eigenvalue weighted by Gasteiger charge is -2.27. The zero-order valence-corrected chi connectivity index (χ0v) is 18.6. The number of likely N-dealkylation sites (tertiary alicyclic amines) is 1. The van der Waals surface area contributed by atoms with Crippen molar-refractivity contribution >= 4 is 71.2 Å². The fourth-order valence-corrected chi connectivity index (χ4v) is 6.34. The Morgan fingerprint density at radius 2 is 2.03 bits per heavy atom. The fourth-order valence-electron chi connectivity index (χ4n) is 3.09. The third kappa shape index (κ3) is 4.69. The SMILES string of the molecule is CN1CCC(C(=O)Nc2nc3ccc(NS(=O)(=O)c4cnc(Cl)s4)cc3s2)CC1. The molecule has 0 bridgehead atoms. The topological polar surface area (TPSA) is 104 Å². The Kier molecular flexibility index (Phi) is 5.76. The molecule has 0 atom stereocenters. The molecule has 0 spiro atoms. The summed E-state index contributed by atoms with van der Waals surface area (Å²) in [7, 11) is -1.71. The summed E-state index contributed by atoms with van der Waals surface area (Å²) in [6, 6.07) is 5.04. The largest absolute Gasteiger partial charge is 0.306 e. The molecule has 0 radical (unpaired) electrons. The van der Waals surface area contributed by atoms with E-state index < -0.39 is 10.0 Å². The molecule has 3 aromatic rings. The number of aromatic nitrogens is 2. The molecule has 29 heavy (non-hydrogen) atoms. The number of hydrogen-bond acceptors (Lipinski definition) is 8. The van der Waals surface area contributed by atoms with E-state index in [1.165, 1.54) is 17.5 Å². The van der Waals surface area contributed by atoms with Gasteiger partial charge in [-0.05, 0) is 51.2 Å². The van der Waals surface area contributed by atoms with E-state index in [9.17, 15) is 13.2 Å². The van der Waals surface area contributed by atoms with E-state index in [4.69, 9.17) is 11.6 Å². The van der Waals surface area contributed by atoms with Crippen molar-refractivity contribution in [2.24, 2.45) is 5.92 Å². The standard InChI is InChI=1S/C17H18ClN5O3S3/c1-23-6-4-10(5-7-23)15(24)21-17-20-12-3-2-11(8-13(12)27-17)22-29(25,26)14-9-19-16(18)28-14/h2-3,8-10,22H,4-7H2,1H3,(H,20,21,24). The highest BCUT2D eigenvalue weighted by molar-refractivity contribution is 7.94. The number of fused-ring (bicyclic) bond motifs is 1. The Balaban J connectivity index is 1.48. The summed E-state index contributed by atoms with van der Waals surface area (Å²) in [6.45, 7) is 1.82. The predicted molar refractivity (Wildman–Crippen MR) is 116 cm³/mol. The Bertz CT molecular complexity index is 1150. The molecule has 1 amide bonds. The van der Waals surface area contributed by atoms with Gasteiger partial charge in [-0.15, -0.1) is 0 Å². The number of rotatable bonds is 5. The molecule has 0 unspecified atom stereocenters. The Hall–Kier alpha value is -1.79. The molecule has 12 heteroatoms. The van der Waals surface area contributed by atoms with Gasteiger partial charge >= 0.3 is 0 Å². The maximum absolute atomic E-state index is 12.5. The van der Waals surface area contributed by atoms with Gasteiger partial charge in [0.1, 0.15) is 0 Å². The highest BCUT2D eigenvalue weighted by atomic mass is 35.5. The van der Waals surface area contributed by atoms with Crippen LogP contribution in [0.4, 0.5) is 10.8 Å². The van der Waals surface area contributed by atoms with E-state index in [0.717, 1.165) is 42.0 Å². The van der Waals surface area contributed by atoms with Crippen molar-refractivity contribution in [1.82, 2.24) is 14.9 Å². The second-order valence-corrected chi connectivity index (χ2v) is 11.4. The summed E-state index contributed by atoms with van der Waals surface area (Å²) in [5.41, 5.74) is 1.09. The number of hydrogen-bond donors (Lipinski definition) is 2. The number of carbonyl (C=O) groups excluding carboxylic acids is 1. The van der Waals surface area contributed by atoms with Crippen molar-refractivity contribution in [3.8, 4) is 0 Å². The summed E-state index contributed by atoms with van der Waals surface area (Å²) >= 11 is 7.92. The molecule has 1 saturated heterocycles. The average Bonchev–Trinajstić information content (AvgIpc) is 3.27. The lowest BCUT2D eigenvalue weighted by Crippen LogP contribution is -2.35. The minimum absolute atomic E-state index is 0.00758. The van der Waals surface area contributed by atoms with Crippen LogP contribution in [0.25, 0.3) is 10.2 Å². The summed E-state index contributed by atoms with van der Waals surface area (Å²) in [4.78, 5) is 22.9. The molecule has 8 nitrogen and oxygen atoms in total. The first kappa shape index (κ1) is 20.5. The van der Waals surface area contributed by atoms with Crippen LogP contribution in [0, 0.1) is 5.92 Å². The molecule has 4 rings (SSSR count). The molecule has 0 aliphatic carbocycles. The van der Waals surface area contributed by atoms with Crippen LogP contribution in [0.15, 0.2) is 28.6 Å². The van der Waals surface area contributed by atoms with Crippen molar-refractivity contribution in [1.29, 1.82) is 0 Å². The minimum atomic E-state index is -3.76. The lowest BCUT2D eigenvalue weighted by atomic mass is 9.96. The van der Waals surface area contributed by atoms with Crippen LogP contribution in [0.3, 0.4) is 0 Å². The number of thiazole rings is 2. The first-order valence-electron chi connectivity index (χ1n) is 8.84. The molecule has 1 aliphatic rings. The predicted octanol–water partition coefficient (Wildman–Crippen LogP) is 3.49. The van der Waals surface area contributed by atoms with E-state index in [1.54, 1.807) is 18.2 Å². The van der Waals surface area contributed by atoms with Crippen LogP contribution in [-0.4, -0.2) is 49.3 Å². The number of sulfonamides is 1. The maximum Gasteiger partial charge on any atom is 0.273 e. The van der Waals surface area contributed by atoms with E-state index in [2.05, 4.69) is 32.0 Å². The Morgan fingerprint density at radius 3 is 2.72 bits per heavy atom.